The zero-order chi connectivity index (χ0) is 26.4. The molecule has 1 fully saturated rings. The molecule has 0 bridgehead atoms. The van der Waals surface area contributed by atoms with Crippen LogP contribution in [0.2, 0.25) is 0 Å². The second kappa shape index (κ2) is 13.2. The summed E-state index contributed by atoms with van der Waals surface area (Å²) in [6.45, 7) is 3.43. The van der Waals surface area contributed by atoms with Gasteiger partial charge < -0.3 is 30.0 Å². The third-order valence-corrected chi connectivity index (χ3v) is 6.82. The van der Waals surface area contributed by atoms with Gasteiger partial charge >= 0.3 is 0 Å². The summed E-state index contributed by atoms with van der Waals surface area (Å²) in [4.78, 5) is 25.1. The van der Waals surface area contributed by atoms with E-state index in [2.05, 4.69) is 16.0 Å². The molecular weight excluding hydrogens is 510 g/mol. The quantitative estimate of drug-likeness (QED) is 0.310. The lowest BCUT2D eigenvalue weighted by Gasteiger charge is -2.32. The van der Waals surface area contributed by atoms with Crippen molar-refractivity contribution in [1.29, 1.82) is 0 Å². The molecule has 0 radical (unpaired) electrons. The number of benzene rings is 2. The highest BCUT2D eigenvalue weighted by atomic mass is 35.5. The molecule has 2 aromatic carbocycles. The summed E-state index contributed by atoms with van der Waals surface area (Å²) >= 11 is 0. The van der Waals surface area contributed by atoms with E-state index in [4.69, 9.17) is 14.2 Å². The van der Waals surface area contributed by atoms with Crippen LogP contribution in [0.3, 0.4) is 0 Å². The summed E-state index contributed by atoms with van der Waals surface area (Å²) in [5, 5.41) is 19.8. The molecule has 10 heteroatoms. The Balaban J connectivity index is 0.00000400. The van der Waals surface area contributed by atoms with Crippen LogP contribution in [0.15, 0.2) is 36.4 Å². The highest BCUT2D eigenvalue weighted by Gasteiger charge is 2.30. The highest BCUT2D eigenvalue weighted by molar-refractivity contribution is 6.03. The maximum Gasteiger partial charge on any atom is 0.267 e. The minimum atomic E-state index is -1.71. The molecule has 0 saturated heterocycles. The maximum atomic E-state index is 12.9. The van der Waals surface area contributed by atoms with Crippen LogP contribution in [0.4, 0.5) is 11.4 Å². The number of amides is 2. The zero-order valence-corrected chi connectivity index (χ0v) is 23.0. The summed E-state index contributed by atoms with van der Waals surface area (Å²) in [6, 6.07) is 10.5. The van der Waals surface area contributed by atoms with Gasteiger partial charge in [-0.3, -0.25) is 9.59 Å². The van der Waals surface area contributed by atoms with E-state index in [9.17, 15) is 14.7 Å². The molecule has 4 rings (SSSR count). The average Bonchev–Trinajstić information content (AvgIpc) is 2.90. The van der Waals surface area contributed by atoms with Crippen molar-refractivity contribution in [3.05, 3.63) is 42.0 Å². The van der Waals surface area contributed by atoms with Crippen molar-refractivity contribution in [1.82, 2.24) is 5.32 Å². The molecule has 1 aliphatic carbocycles. The Labute approximate surface area is 230 Å². The highest BCUT2D eigenvalue weighted by Crippen LogP contribution is 2.38. The molecule has 1 aliphatic heterocycles. The Bertz CT molecular complexity index is 1100. The fourth-order valence-electron chi connectivity index (χ4n) is 4.84. The van der Waals surface area contributed by atoms with E-state index in [1.54, 1.807) is 43.5 Å². The van der Waals surface area contributed by atoms with Gasteiger partial charge in [0.2, 0.25) is 11.8 Å². The first-order valence-electron chi connectivity index (χ1n) is 13.0. The van der Waals surface area contributed by atoms with Gasteiger partial charge in [-0.15, -0.1) is 12.4 Å². The van der Waals surface area contributed by atoms with Crippen molar-refractivity contribution in [3.8, 4) is 17.2 Å². The molecule has 2 unspecified atom stereocenters. The number of ether oxygens (including phenoxy) is 3. The third-order valence-electron chi connectivity index (χ3n) is 6.82. The molecule has 0 spiro atoms. The first kappa shape index (κ1) is 29.5. The van der Waals surface area contributed by atoms with Crippen LogP contribution < -0.4 is 30.2 Å². The molecule has 4 N–H and O–H groups in total. The molecule has 2 aromatic rings. The summed E-state index contributed by atoms with van der Waals surface area (Å²) in [6.07, 6.45) is 5.85. The van der Waals surface area contributed by atoms with Crippen molar-refractivity contribution >= 4 is 35.6 Å². The maximum absolute atomic E-state index is 12.9. The second-order valence-electron chi connectivity index (χ2n) is 9.76. The van der Waals surface area contributed by atoms with E-state index in [0.29, 0.717) is 47.9 Å². The SMILES string of the molecule is CCC(NC(C)(O)Oc1ccc(OC)cc1)Oc1ccc(NC(=O)C2CCCCC2)c2c1CCC(=O)N2.Cl. The Hall–Kier alpha value is -3.01. The minimum absolute atomic E-state index is 0. The van der Waals surface area contributed by atoms with Crippen LogP contribution >= 0.6 is 12.4 Å². The number of carbonyl (C=O) groups excluding carboxylic acids is 2. The summed E-state index contributed by atoms with van der Waals surface area (Å²) in [5.74, 6) is -0.0888. The largest absolute Gasteiger partial charge is 0.497 e. The van der Waals surface area contributed by atoms with Gasteiger partial charge in [-0.1, -0.05) is 26.2 Å². The van der Waals surface area contributed by atoms with Crippen molar-refractivity contribution in [3.63, 3.8) is 0 Å². The standard InChI is InChI=1S/C28H37N3O6.ClH/c1-4-25(31-28(2,34)37-20-12-10-19(35-3)11-13-20)36-23-16-15-22(26-21(23)14-17-24(32)30-26)29-27(33)18-8-6-5-7-9-18;/h10-13,15-16,18,25,31,34H,4-9,14,17H2,1-3H3,(H,29,33)(H,30,32);1H. The normalized spacial score (nSPS) is 17.6. The second-order valence-corrected chi connectivity index (χ2v) is 9.76. The van der Waals surface area contributed by atoms with Crippen molar-refractivity contribution < 1.29 is 28.9 Å². The van der Waals surface area contributed by atoms with E-state index in [1.165, 1.54) is 13.3 Å². The number of halogens is 1. The lowest BCUT2D eigenvalue weighted by molar-refractivity contribution is -0.168. The molecular formula is C28H38ClN3O6. The Morgan fingerprint density at radius 1 is 1.11 bits per heavy atom. The molecule has 1 heterocycles. The van der Waals surface area contributed by atoms with Gasteiger partial charge in [0.05, 0.1) is 18.5 Å². The van der Waals surface area contributed by atoms with Gasteiger partial charge in [-0.05, 0) is 62.1 Å². The lowest BCUT2D eigenvalue weighted by atomic mass is 9.88. The van der Waals surface area contributed by atoms with Gasteiger partial charge in [0, 0.05) is 24.8 Å². The van der Waals surface area contributed by atoms with E-state index < -0.39 is 12.1 Å². The number of rotatable bonds is 10. The van der Waals surface area contributed by atoms with Crippen LogP contribution in [-0.4, -0.2) is 36.2 Å². The minimum Gasteiger partial charge on any atom is -0.497 e. The van der Waals surface area contributed by atoms with Crippen LogP contribution in [0.1, 0.15) is 64.4 Å². The molecule has 1 saturated carbocycles. The Morgan fingerprint density at radius 3 is 2.45 bits per heavy atom. The van der Waals surface area contributed by atoms with Crippen LogP contribution in [0.5, 0.6) is 17.2 Å². The van der Waals surface area contributed by atoms with Crippen molar-refractivity contribution in [2.24, 2.45) is 5.92 Å². The molecule has 38 heavy (non-hydrogen) atoms. The molecule has 2 atom stereocenters. The van der Waals surface area contributed by atoms with E-state index in [1.807, 2.05) is 6.92 Å². The van der Waals surface area contributed by atoms with E-state index >= 15 is 0 Å². The first-order valence-corrected chi connectivity index (χ1v) is 13.0. The van der Waals surface area contributed by atoms with Crippen LogP contribution in [0.25, 0.3) is 0 Å². The Morgan fingerprint density at radius 2 is 1.79 bits per heavy atom. The van der Waals surface area contributed by atoms with Gasteiger partial charge in [0.25, 0.3) is 5.91 Å². The third kappa shape index (κ3) is 7.52. The fourth-order valence-corrected chi connectivity index (χ4v) is 4.84. The zero-order valence-electron chi connectivity index (χ0n) is 22.2. The molecule has 2 aliphatic rings. The number of hydrogen-bond donors (Lipinski definition) is 4. The molecule has 9 nitrogen and oxygen atoms in total. The fraction of sp³-hybridized carbons (Fsp3) is 0.500. The number of anilines is 2. The first-order chi connectivity index (χ1) is 17.8. The number of fused-ring (bicyclic) bond motifs is 1. The van der Waals surface area contributed by atoms with Crippen LogP contribution in [-0.2, 0) is 16.0 Å². The summed E-state index contributed by atoms with van der Waals surface area (Å²) in [5.41, 5.74) is 1.98. The molecule has 0 aromatic heterocycles. The van der Waals surface area contributed by atoms with Gasteiger partial charge in [0.15, 0.2) is 6.23 Å². The number of hydrogen-bond acceptors (Lipinski definition) is 7. The molecule has 208 valence electrons. The number of aliphatic hydroxyl groups is 1. The smallest absolute Gasteiger partial charge is 0.267 e. The summed E-state index contributed by atoms with van der Waals surface area (Å²) < 4.78 is 17.1. The summed E-state index contributed by atoms with van der Waals surface area (Å²) in [7, 11) is 1.58. The van der Waals surface area contributed by atoms with Gasteiger partial charge in [0.1, 0.15) is 17.2 Å². The predicted octanol–water partition coefficient (Wildman–Crippen LogP) is 4.97. The monoisotopic (exact) mass is 547 g/mol. The number of methoxy groups -OCH3 is 1. The van der Waals surface area contributed by atoms with Crippen molar-refractivity contribution in [2.45, 2.75) is 77.4 Å². The molecule has 2 amide bonds. The predicted molar refractivity (Wildman–Crippen MR) is 148 cm³/mol. The average molecular weight is 548 g/mol. The van der Waals surface area contributed by atoms with Crippen LogP contribution in [0, 0.1) is 5.92 Å². The topological polar surface area (TPSA) is 118 Å². The number of nitrogens with one attached hydrogen (secondary N) is 3. The number of carbonyl (C=O) groups is 2. The van der Waals surface area contributed by atoms with E-state index in [-0.39, 0.29) is 30.1 Å². The van der Waals surface area contributed by atoms with Crippen molar-refractivity contribution in [2.75, 3.05) is 17.7 Å². The lowest BCUT2D eigenvalue weighted by Crippen LogP contribution is -2.54. The Kier molecular flexibility index (Phi) is 10.2. The van der Waals surface area contributed by atoms with E-state index in [0.717, 1.165) is 31.2 Å². The van der Waals surface area contributed by atoms with Gasteiger partial charge in [-0.2, -0.15) is 0 Å². The van der Waals surface area contributed by atoms with Gasteiger partial charge in [-0.25, -0.2) is 5.32 Å².